The number of anilines is 2. The van der Waals surface area contributed by atoms with E-state index in [9.17, 15) is 8.42 Å². The number of pyridine rings is 1. The Morgan fingerprint density at radius 3 is 2.48 bits per heavy atom. The van der Waals surface area contributed by atoms with Crippen LogP contribution in [0.25, 0.3) is 0 Å². The average molecular weight is 350 g/mol. The molecule has 126 valence electrons. The Morgan fingerprint density at radius 2 is 1.72 bits per heavy atom. The number of hydrogen-bond acceptors (Lipinski definition) is 4. The van der Waals surface area contributed by atoms with Crippen LogP contribution in [0, 0.1) is 0 Å². The van der Waals surface area contributed by atoms with Gasteiger partial charge in [-0.15, -0.1) is 0 Å². The lowest BCUT2D eigenvalue weighted by Crippen LogP contribution is -2.20. The third-order valence-corrected chi connectivity index (χ3v) is 5.65. The third-order valence-electron chi connectivity index (χ3n) is 4.57. The van der Waals surface area contributed by atoms with Crippen molar-refractivity contribution in [1.82, 2.24) is 4.98 Å². The van der Waals surface area contributed by atoms with E-state index in [1.165, 1.54) is 23.6 Å². The number of sulfone groups is 1. The number of hydrogen-bond donors (Lipinski definition) is 0. The highest BCUT2D eigenvalue weighted by Gasteiger charge is 2.31. The predicted octanol–water partition coefficient (Wildman–Crippen LogP) is 3.92. The lowest BCUT2D eigenvalue weighted by molar-refractivity contribution is 0.601. The molecule has 2 heterocycles. The summed E-state index contributed by atoms with van der Waals surface area (Å²) in [6.07, 6.45) is 5.22. The first-order valence-electron chi connectivity index (χ1n) is 8.11. The van der Waals surface area contributed by atoms with E-state index in [0.29, 0.717) is 0 Å². The molecule has 3 aromatic rings. The minimum atomic E-state index is -3.30. The predicted molar refractivity (Wildman–Crippen MR) is 98.8 cm³/mol. The number of aromatic nitrogens is 1. The first kappa shape index (κ1) is 15.8. The van der Waals surface area contributed by atoms with E-state index in [1.807, 2.05) is 30.3 Å². The number of rotatable bonds is 3. The molecule has 0 radical (unpaired) electrons. The maximum absolute atomic E-state index is 11.9. The van der Waals surface area contributed by atoms with Crippen LogP contribution >= 0.6 is 0 Å². The summed E-state index contributed by atoms with van der Waals surface area (Å²) in [6.45, 7) is 0. The number of benzene rings is 2. The summed E-state index contributed by atoms with van der Waals surface area (Å²) in [5, 5.41) is 0. The van der Waals surface area contributed by atoms with E-state index in [0.717, 1.165) is 17.8 Å². The molecule has 0 saturated heterocycles. The number of nitrogens with zero attached hydrogens (tertiary/aromatic N) is 2. The Kier molecular flexibility index (Phi) is 3.81. The molecule has 4 rings (SSSR count). The van der Waals surface area contributed by atoms with E-state index >= 15 is 0 Å². The second-order valence-electron chi connectivity index (χ2n) is 6.28. The SMILES string of the molecule is CS(=O)(=O)c1cncc(N2c3ccccc3CC2c2ccccc2)c1. The molecule has 5 heteroatoms. The Labute approximate surface area is 147 Å². The molecule has 0 saturated carbocycles. The van der Waals surface area contributed by atoms with Crippen molar-refractivity contribution in [2.75, 3.05) is 11.2 Å². The van der Waals surface area contributed by atoms with E-state index in [1.54, 1.807) is 12.3 Å². The van der Waals surface area contributed by atoms with Crippen molar-refractivity contribution in [2.45, 2.75) is 17.4 Å². The molecule has 0 amide bonds. The van der Waals surface area contributed by atoms with Gasteiger partial charge in [-0.1, -0.05) is 48.5 Å². The molecule has 1 aliphatic heterocycles. The summed E-state index contributed by atoms with van der Waals surface area (Å²) < 4.78 is 23.9. The van der Waals surface area contributed by atoms with Crippen LogP contribution in [0.2, 0.25) is 0 Å². The highest BCUT2D eigenvalue weighted by Crippen LogP contribution is 2.45. The van der Waals surface area contributed by atoms with Crippen LogP contribution < -0.4 is 4.90 Å². The fraction of sp³-hybridized carbons (Fsp3) is 0.150. The van der Waals surface area contributed by atoms with Gasteiger partial charge >= 0.3 is 0 Å². The Hall–Kier alpha value is -2.66. The first-order valence-corrected chi connectivity index (χ1v) is 10.0. The number of fused-ring (bicyclic) bond motifs is 1. The maximum Gasteiger partial charge on any atom is 0.177 e. The van der Waals surface area contributed by atoms with Gasteiger partial charge in [-0.3, -0.25) is 4.98 Å². The largest absolute Gasteiger partial charge is 0.332 e. The van der Waals surface area contributed by atoms with Gasteiger partial charge in [-0.2, -0.15) is 0 Å². The summed E-state index contributed by atoms with van der Waals surface area (Å²) >= 11 is 0. The van der Waals surface area contributed by atoms with Crippen LogP contribution in [-0.2, 0) is 16.3 Å². The van der Waals surface area contributed by atoms with E-state index < -0.39 is 9.84 Å². The Morgan fingerprint density at radius 1 is 1.00 bits per heavy atom. The highest BCUT2D eigenvalue weighted by molar-refractivity contribution is 7.90. The molecule has 2 aromatic carbocycles. The van der Waals surface area contributed by atoms with Crippen molar-refractivity contribution in [3.05, 3.63) is 84.2 Å². The van der Waals surface area contributed by atoms with E-state index in [-0.39, 0.29) is 10.9 Å². The lowest BCUT2D eigenvalue weighted by Gasteiger charge is -2.28. The van der Waals surface area contributed by atoms with Gasteiger partial charge in [0.25, 0.3) is 0 Å². The van der Waals surface area contributed by atoms with E-state index in [4.69, 9.17) is 0 Å². The van der Waals surface area contributed by atoms with Crippen molar-refractivity contribution in [2.24, 2.45) is 0 Å². The normalized spacial score (nSPS) is 16.7. The van der Waals surface area contributed by atoms with Crippen molar-refractivity contribution >= 4 is 21.2 Å². The van der Waals surface area contributed by atoms with Crippen LogP contribution in [0.3, 0.4) is 0 Å². The monoisotopic (exact) mass is 350 g/mol. The van der Waals surface area contributed by atoms with Crippen LogP contribution in [0.4, 0.5) is 11.4 Å². The lowest BCUT2D eigenvalue weighted by atomic mass is 10.0. The Balaban J connectivity index is 1.87. The maximum atomic E-state index is 11.9. The molecule has 0 bridgehead atoms. The quantitative estimate of drug-likeness (QED) is 0.718. The van der Waals surface area contributed by atoms with Crippen LogP contribution in [0.5, 0.6) is 0 Å². The van der Waals surface area contributed by atoms with Crippen LogP contribution in [0.15, 0.2) is 78.0 Å². The zero-order valence-corrected chi connectivity index (χ0v) is 14.6. The van der Waals surface area contributed by atoms with Crippen LogP contribution in [0.1, 0.15) is 17.2 Å². The smallest absolute Gasteiger partial charge is 0.177 e. The molecular weight excluding hydrogens is 332 g/mol. The molecule has 1 unspecified atom stereocenters. The van der Waals surface area contributed by atoms with Crippen LogP contribution in [-0.4, -0.2) is 19.7 Å². The highest BCUT2D eigenvalue weighted by atomic mass is 32.2. The second-order valence-corrected chi connectivity index (χ2v) is 8.30. The minimum Gasteiger partial charge on any atom is -0.332 e. The van der Waals surface area contributed by atoms with Crippen molar-refractivity contribution in [1.29, 1.82) is 0 Å². The summed E-state index contributed by atoms with van der Waals surface area (Å²) in [5.74, 6) is 0. The van der Waals surface area contributed by atoms with E-state index in [2.05, 4.69) is 34.1 Å². The zero-order chi connectivity index (χ0) is 17.4. The van der Waals surface area contributed by atoms with Gasteiger partial charge in [0.1, 0.15) is 0 Å². The van der Waals surface area contributed by atoms with Gasteiger partial charge in [0.05, 0.1) is 22.8 Å². The molecule has 0 aliphatic carbocycles. The summed E-state index contributed by atoms with van der Waals surface area (Å²) in [4.78, 5) is 6.60. The fourth-order valence-corrected chi connectivity index (χ4v) is 3.98. The molecule has 0 N–H and O–H groups in total. The molecule has 0 spiro atoms. The molecule has 1 aromatic heterocycles. The first-order chi connectivity index (χ1) is 12.0. The van der Waals surface area contributed by atoms with Gasteiger partial charge in [0, 0.05) is 18.1 Å². The minimum absolute atomic E-state index is 0.121. The average Bonchev–Trinajstić information content (AvgIpc) is 3.01. The summed E-state index contributed by atoms with van der Waals surface area (Å²) in [7, 11) is -3.30. The van der Waals surface area contributed by atoms with Crippen molar-refractivity contribution in [3.63, 3.8) is 0 Å². The molecule has 25 heavy (non-hydrogen) atoms. The topological polar surface area (TPSA) is 50.3 Å². The van der Waals surface area contributed by atoms with Gasteiger partial charge in [0.15, 0.2) is 9.84 Å². The van der Waals surface area contributed by atoms with Gasteiger partial charge in [0.2, 0.25) is 0 Å². The fourth-order valence-electron chi connectivity index (χ4n) is 3.39. The molecule has 1 aliphatic rings. The Bertz CT molecular complexity index is 1020. The zero-order valence-electron chi connectivity index (χ0n) is 13.8. The van der Waals surface area contributed by atoms with Crippen molar-refractivity contribution < 1.29 is 8.42 Å². The molecular formula is C20H18N2O2S. The summed E-state index contributed by atoms with van der Waals surface area (Å²) in [6, 6.07) is 20.4. The second kappa shape index (κ2) is 6.01. The molecule has 1 atom stereocenters. The van der Waals surface area contributed by atoms with Gasteiger partial charge in [-0.05, 0) is 29.7 Å². The summed E-state index contributed by atoms with van der Waals surface area (Å²) in [5.41, 5.74) is 4.34. The molecule has 0 fully saturated rings. The van der Waals surface area contributed by atoms with Gasteiger partial charge in [-0.25, -0.2) is 8.42 Å². The van der Waals surface area contributed by atoms with Gasteiger partial charge < -0.3 is 4.90 Å². The standard InChI is InChI=1S/C20H18N2O2S/c1-25(23,24)18-12-17(13-21-14-18)22-19-10-6-5-9-16(19)11-20(22)15-7-3-2-4-8-15/h2-10,12-14,20H,11H2,1H3. The van der Waals surface area contributed by atoms with Crippen molar-refractivity contribution in [3.8, 4) is 0 Å². The number of para-hydroxylation sites is 1. The molecule has 4 nitrogen and oxygen atoms in total. The third kappa shape index (κ3) is 2.91.